The number of piperazine rings is 1. The monoisotopic (exact) mass is 401 g/mol. The Bertz CT molecular complexity index is 560. The molecular weight excluding hydrogens is 366 g/mol. The van der Waals surface area contributed by atoms with Crippen molar-refractivity contribution >= 4 is 18.0 Å². The Labute approximate surface area is 167 Å². The molecule has 28 heavy (non-hydrogen) atoms. The second-order valence-corrected chi connectivity index (χ2v) is 8.65. The molecule has 1 heterocycles. The maximum Gasteiger partial charge on any atom is 0.410 e. The normalized spacial score (nSPS) is 19.4. The summed E-state index contributed by atoms with van der Waals surface area (Å²) in [7, 11) is 1.51. The van der Waals surface area contributed by atoms with Gasteiger partial charge in [-0.15, -0.1) is 0 Å². The molecule has 2 atom stereocenters. The van der Waals surface area contributed by atoms with Gasteiger partial charge in [0.25, 0.3) is 0 Å². The molecule has 1 rings (SSSR count). The zero-order chi connectivity index (χ0) is 21.6. The predicted molar refractivity (Wildman–Crippen MR) is 104 cm³/mol. The molecule has 9 heteroatoms. The van der Waals surface area contributed by atoms with Crippen LogP contribution in [0.25, 0.3) is 0 Å². The van der Waals surface area contributed by atoms with E-state index in [-0.39, 0.29) is 25.6 Å². The number of β-amino-alcohol motifs (C(OH)–C–C–N with tert-alkyl or cyclic N) is 1. The third-order valence-electron chi connectivity index (χ3n) is 4.58. The molecule has 0 aromatic heterocycles. The minimum absolute atomic E-state index is 0.0718. The molecule has 162 valence electrons. The highest BCUT2D eigenvalue weighted by atomic mass is 16.6. The highest BCUT2D eigenvalue weighted by Crippen LogP contribution is 2.20. The van der Waals surface area contributed by atoms with Crippen LogP contribution in [0.1, 0.15) is 41.0 Å². The number of aliphatic carboxylic acids is 1. The molecule has 0 saturated carbocycles. The number of rotatable bonds is 7. The number of likely N-dealkylation sites (N-methyl/N-ethyl adjacent to an activating group) is 1. The summed E-state index contributed by atoms with van der Waals surface area (Å²) >= 11 is 0. The molecule has 1 saturated heterocycles. The van der Waals surface area contributed by atoms with Gasteiger partial charge in [-0.3, -0.25) is 14.6 Å². The number of ether oxygens (including phenoxy) is 1. The highest BCUT2D eigenvalue weighted by Gasteiger charge is 2.40. The Morgan fingerprint density at radius 1 is 1.21 bits per heavy atom. The summed E-state index contributed by atoms with van der Waals surface area (Å²) in [6, 6.07) is -1.82. The summed E-state index contributed by atoms with van der Waals surface area (Å²) < 4.78 is 5.39. The van der Waals surface area contributed by atoms with Crippen molar-refractivity contribution in [2.45, 2.75) is 58.7 Å². The van der Waals surface area contributed by atoms with Crippen LogP contribution in [0.2, 0.25) is 0 Å². The Hall–Kier alpha value is -1.87. The van der Waals surface area contributed by atoms with Crippen LogP contribution in [-0.4, -0.2) is 100 Å². The first-order valence-corrected chi connectivity index (χ1v) is 9.69. The minimum atomic E-state index is -1.10. The van der Waals surface area contributed by atoms with Crippen LogP contribution < -0.4 is 0 Å². The average molecular weight is 402 g/mol. The van der Waals surface area contributed by atoms with Crippen LogP contribution in [0.3, 0.4) is 0 Å². The first kappa shape index (κ1) is 24.2. The smallest absolute Gasteiger partial charge is 0.410 e. The Balaban J connectivity index is 3.04. The van der Waals surface area contributed by atoms with Gasteiger partial charge in [0, 0.05) is 33.2 Å². The van der Waals surface area contributed by atoms with Gasteiger partial charge in [-0.25, -0.2) is 9.59 Å². The van der Waals surface area contributed by atoms with E-state index in [2.05, 4.69) is 0 Å². The Kier molecular flexibility index (Phi) is 8.69. The van der Waals surface area contributed by atoms with Gasteiger partial charge in [0.05, 0.1) is 6.61 Å². The molecule has 0 aromatic rings. The van der Waals surface area contributed by atoms with Crippen molar-refractivity contribution in [2.75, 3.05) is 39.8 Å². The number of amides is 2. The maximum absolute atomic E-state index is 13.3. The van der Waals surface area contributed by atoms with E-state index in [1.54, 1.807) is 20.8 Å². The summed E-state index contributed by atoms with van der Waals surface area (Å²) in [6.45, 7) is 10.3. The van der Waals surface area contributed by atoms with Crippen molar-refractivity contribution in [3.05, 3.63) is 0 Å². The fraction of sp³-hybridized carbons (Fsp3) is 0.842. The molecule has 9 nitrogen and oxygen atoms in total. The molecule has 0 unspecified atom stereocenters. The van der Waals surface area contributed by atoms with E-state index in [1.807, 2.05) is 18.7 Å². The van der Waals surface area contributed by atoms with E-state index < -0.39 is 35.7 Å². The standard InChI is InChI=1S/C19H35N3O6/c1-13(2)11-14(20(6)18(27)28-19(3,4)5)16(24)22-8-7-21(9-10-23)12-15(22)17(25)26/h13-15,23H,7-12H2,1-6H3,(H,25,26)/t14-,15+/m0/s1. The van der Waals surface area contributed by atoms with Crippen LogP contribution in [0, 0.1) is 5.92 Å². The van der Waals surface area contributed by atoms with Gasteiger partial charge >= 0.3 is 12.1 Å². The van der Waals surface area contributed by atoms with Crippen molar-refractivity contribution in [3.63, 3.8) is 0 Å². The number of aliphatic hydroxyl groups excluding tert-OH is 1. The van der Waals surface area contributed by atoms with Crippen LogP contribution in [-0.2, 0) is 14.3 Å². The molecule has 2 N–H and O–H groups in total. The summed E-state index contributed by atoms with van der Waals surface area (Å²) in [4.78, 5) is 42.0. The van der Waals surface area contributed by atoms with Crippen molar-refractivity contribution in [1.82, 2.24) is 14.7 Å². The third kappa shape index (κ3) is 6.94. The largest absolute Gasteiger partial charge is 0.480 e. The van der Waals surface area contributed by atoms with Crippen LogP contribution >= 0.6 is 0 Å². The van der Waals surface area contributed by atoms with Crippen molar-refractivity contribution in [2.24, 2.45) is 5.92 Å². The summed E-state index contributed by atoms with van der Waals surface area (Å²) in [5.74, 6) is -1.37. The second kappa shape index (κ2) is 10.1. The number of nitrogens with zero attached hydrogens (tertiary/aromatic N) is 3. The lowest BCUT2D eigenvalue weighted by Crippen LogP contribution is -2.62. The zero-order valence-corrected chi connectivity index (χ0v) is 17.8. The SMILES string of the molecule is CC(C)C[C@@H](C(=O)N1CCN(CCO)C[C@@H]1C(=O)O)N(C)C(=O)OC(C)(C)C. The van der Waals surface area contributed by atoms with Crippen molar-refractivity contribution < 1.29 is 29.3 Å². The second-order valence-electron chi connectivity index (χ2n) is 8.65. The summed E-state index contributed by atoms with van der Waals surface area (Å²) in [5.41, 5.74) is -0.698. The molecular formula is C19H35N3O6. The molecule has 0 aromatic carbocycles. The van der Waals surface area contributed by atoms with Gasteiger partial charge in [-0.05, 0) is 33.1 Å². The first-order valence-electron chi connectivity index (χ1n) is 9.69. The quantitative estimate of drug-likeness (QED) is 0.651. The predicted octanol–water partition coefficient (Wildman–Crippen LogP) is 0.858. The number of carboxylic acid groups (broad SMARTS) is 1. The minimum Gasteiger partial charge on any atom is -0.480 e. The number of hydrogen-bond donors (Lipinski definition) is 2. The highest BCUT2D eigenvalue weighted by molar-refractivity contribution is 5.89. The molecule has 1 fully saturated rings. The summed E-state index contributed by atoms with van der Waals surface area (Å²) in [6.07, 6.45) is -0.213. The Morgan fingerprint density at radius 3 is 2.29 bits per heavy atom. The lowest BCUT2D eigenvalue weighted by Gasteiger charge is -2.42. The topological polar surface area (TPSA) is 111 Å². The number of carboxylic acids is 1. The van der Waals surface area contributed by atoms with E-state index in [0.717, 1.165) is 0 Å². The van der Waals surface area contributed by atoms with Gasteiger partial charge in [-0.2, -0.15) is 0 Å². The van der Waals surface area contributed by atoms with E-state index >= 15 is 0 Å². The van der Waals surface area contributed by atoms with Gasteiger partial charge in [0.1, 0.15) is 17.7 Å². The van der Waals surface area contributed by atoms with E-state index in [0.29, 0.717) is 19.5 Å². The fourth-order valence-electron chi connectivity index (χ4n) is 3.18. The lowest BCUT2D eigenvalue weighted by atomic mass is 10.00. The van der Waals surface area contributed by atoms with E-state index in [1.165, 1.54) is 16.8 Å². The number of aliphatic hydroxyl groups is 1. The van der Waals surface area contributed by atoms with E-state index in [9.17, 15) is 19.5 Å². The van der Waals surface area contributed by atoms with Gasteiger partial charge in [0.15, 0.2) is 0 Å². The first-order chi connectivity index (χ1) is 12.9. The Morgan fingerprint density at radius 2 is 1.82 bits per heavy atom. The van der Waals surface area contributed by atoms with Crippen molar-refractivity contribution in [3.8, 4) is 0 Å². The molecule has 2 amide bonds. The maximum atomic E-state index is 13.3. The van der Waals surface area contributed by atoms with Crippen LogP contribution in [0.4, 0.5) is 4.79 Å². The lowest BCUT2D eigenvalue weighted by molar-refractivity contribution is -0.156. The van der Waals surface area contributed by atoms with Crippen molar-refractivity contribution in [1.29, 1.82) is 0 Å². The number of hydrogen-bond acceptors (Lipinski definition) is 6. The molecule has 0 aliphatic carbocycles. The van der Waals surface area contributed by atoms with Gasteiger partial charge in [-0.1, -0.05) is 13.8 Å². The molecule has 0 radical (unpaired) electrons. The molecule has 1 aliphatic heterocycles. The zero-order valence-electron chi connectivity index (χ0n) is 17.8. The third-order valence-corrected chi connectivity index (χ3v) is 4.58. The van der Waals surface area contributed by atoms with Crippen LogP contribution in [0.5, 0.6) is 0 Å². The molecule has 0 bridgehead atoms. The van der Waals surface area contributed by atoms with Gasteiger partial charge < -0.3 is 19.8 Å². The molecule has 0 spiro atoms. The summed E-state index contributed by atoms with van der Waals surface area (Å²) in [5, 5.41) is 18.7. The molecule has 1 aliphatic rings. The number of carbonyl (C=O) groups is 3. The number of carbonyl (C=O) groups excluding carboxylic acids is 2. The fourth-order valence-corrected chi connectivity index (χ4v) is 3.18. The average Bonchev–Trinajstić information content (AvgIpc) is 2.57. The van der Waals surface area contributed by atoms with Gasteiger partial charge in [0.2, 0.25) is 5.91 Å². The van der Waals surface area contributed by atoms with Crippen LogP contribution in [0.15, 0.2) is 0 Å². The van der Waals surface area contributed by atoms with E-state index in [4.69, 9.17) is 9.84 Å².